The molecule has 1 aromatic heterocycles. The molecule has 3 aliphatic rings. The van der Waals surface area contributed by atoms with E-state index in [-0.39, 0.29) is 17.4 Å². The third-order valence-electron chi connectivity index (χ3n) is 5.91. The first-order valence-electron chi connectivity index (χ1n) is 9.86. The zero-order valence-electron chi connectivity index (χ0n) is 17.2. The molecule has 3 N–H and O–H groups in total. The molecule has 0 aromatic carbocycles. The second-order valence-corrected chi connectivity index (χ2v) is 9.86. The normalized spacial score (nSPS) is 31.9. The van der Waals surface area contributed by atoms with Gasteiger partial charge in [-0.15, -0.1) is 11.8 Å². The van der Waals surface area contributed by atoms with Gasteiger partial charge in [-0.3, -0.25) is 14.5 Å². The van der Waals surface area contributed by atoms with Crippen molar-refractivity contribution in [2.24, 2.45) is 23.7 Å². The van der Waals surface area contributed by atoms with Crippen LogP contribution in [0.3, 0.4) is 0 Å². The fourth-order valence-electron chi connectivity index (χ4n) is 4.25. The van der Waals surface area contributed by atoms with Crippen molar-refractivity contribution in [1.82, 2.24) is 20.0 Å². The topological polar surface area (TPSA) is 97.8 Å². The van der Waals surface area contributed by atoms with Crippen molar-refractivity contribution >= 4 is 34.6 Å². The van der Waals surface area contributed by atoms with Crippen LogP contribution in [0, 0.1) is 5.92 Å². The number of hydrogen-bond acceptors (Lipinski definition) is 8. The molecule has 0 aliphatic carbocycles. The van der Waals surface area contributed by atoms with Crippen molar-refractivity contribution in [1.29, 1.82) is 0 Å². The van der Waals surface area contributed by atoms with Gasteiger partial charge in [-0.2, -0.15) is 5.10 Å². The summed E-state index contributed by atoms with van der Waals surface area (Å²) in [5.74, 6) is 1.94. The number of rotatable bonds is 4. The van der Waals surface area contributed by atoms with Gasteiger partial charge in [0.2, 0.25) is 0 Å². The minimum absolute atomic E-state index is 0.0208. The van der Waals surface area contributed by atoms with Crippen LogP contribution in [-0.4, -0.2) is 62.2 Å². The van der Waals surface area contributed by atoms with Gasteiger partial charge in [0.25, 0.3) is 5.91 Å². The van der Waals surface area contributed by atoms with Crippen molar-refractivity contribution in [2.45, 2.75) is 43.7 Å². The van der Waals surface area contributed by atoms with Gasteiger partial charge in [0.1, 0.15) is 22.4 Å². The number of hydrogen-bond donors (Lipinski definition) is 2. The average Bonchev–Trinajstić information content (AvgIpc) is 3.25. The molecule has 4 heterocycles. The van der Waals surface area contributed by atoms with Gasteiger partial charge in [0, 0.05) is 31.2 Å². The number of carbonyl (C=O) groups excluding carboxylic acids is 1. The molecule has 4 rings (SSSR count). The summed E-state index contributed by atoms with van der Waals surface area (Å²) >= 11 is 3.30. The Labute approximate surface area is 179 Å². The smallest absolute Gasteiger partial charge is 0.275 e. The second-order valence-electron chi connectivity index (χ2n) is 7.86. The highest BCUT2D eigenvalue weighted by Crippen LogP contribution is 2.48. The van der Waals surface area contributed by atoms with Crippen LogP contribution in [0.5, 0.6) is 0 Å². The molecule has 0 bridgehead atoms. The molecule has 10 heteroatoms. The lowest BCUT2D eigenvalue weighted by atomic mass is 9.79. The number of carbonyl (C=O) groups is 1. The quantitative estimate of drug-likeness (QED) is 0.742. The fourth-order valence-corrected chi connectivity index (χ4v) is 6.61. The van der Waals surface area contributed by atoms with Crippen molar-refractivity contribution in [2.75, 3.05) is 19.4 Å². The van der Waals surface area contributed by atoms with Gasteiger partial charge in [-0.1, -0.05) is 18.7 Å². The summed E-state index contributed by atoms with van der Waals surface area (Å²) in [4.78, 5) is 19.8. The summed E-state index contributed by atoms with van der Waals surface area (Å²) in [5.41, 5.74) is 7.17. The number of nitrogens with zero attached hydrogens (tertiary/aromatic N) is 4. The van der Waals surface area contributed by atoms with E-state index in [0.29, 0.717) is 23.4 Å². The number of thioether (sulfide) groups is 2. The van der Waals surface area contributed by atoms with Crippen LogP contribution in [0.2, 0.25) is 0 Å². The number of amidine groups is 1. The molecule has 1 saturated heterocycles. The van der Waals surface area contributed by atoms with E-state index in [9.17, 15) is 4.79 Å². The zero-order valence-corrected chi connectivity index (χ0v) is 18.8. The standard InChI is InChI=1S/C19H28N6O2S2/c1-5-13-7-14(25(4)23-13)16(26)21-15-9-28-17(24(15)3)19-10-27-11(2)6-12(19)8-29-18(20)22-19/h7,9,11-12,17H,5-6,8,10H2,1-4H3,(H2,20,22)(H,21,26). The molecule has 0 radical (unpaired) electrons. The third-order valence-corrected chi connectivity index (χ3v) is 8.21. The molecule has 1 fully saturated rings. The first-order chi connectivity index (χ1) is 13.8. The van der Waals surface area contributed by atoms with Gasteiger partial charge < -0.3 is 20.7 Å². The van der Waals surface area contributed by atoms with Crippen LogP contribution in [0.15, 0.2) is 22.3 Å². The summed E-state index contributed by atoms with van der Waals surface area (Å²) in [7, 11) is 3.79. The molecule has 158 valence electrons. The molecular weight excluding hydrogens is 408 g/mol. The molecule has 4 atom stereocenters. The van der Waals surface area contributed by atoms with E-state index >= 15 is 0 Å². The highest BCUT2D eigenvalue weighted by Gasteiger charge is 2.54. The Morgan fingerprint density at radius 2 is 2.28 bits per heavy atom. The fraction of sp³-hybridized carbons (Fsp3) is 0.632. The maximum absolute atomic E-state index is 12.8. The number of aromatic nitrogens is 2. The number of amides is 1. The summed E-state index contributed by atoms with van der Waals surface area (Å²) < 4.78 is 7.67. The Morgan fingerprint density at radius 1 is 1.48 bits per heavy atom. The summed E-state index contributed by atoms with van der Waals surface area (Å²) in [6, 6.07) is 1.84. The van der Waals surface area contributed by atoms with E-state index in [0.717, 1.165) is 30.1 Å². The maximum Gasteiger partial charge on any atom is 0.275 e. The van der Waals surface area contributed by atoms with E-state index < -0.39 is 5.54 Å². The molecule has 29 heavy (non-hydrogen) atoms. The lowest BCUT2D eigenvalue weighted by Crippen LogP contribution is -2.61. The minimum atomic E-state index is -0.411. The molecule has 0 saturated carbocycles. The third kappa shape index (κ3) is 3.66. The van der Waals surface area contributed by atoms with E-state index in [4.69, 9.17) is 15.5 Å². The largest absolute Gasteiger partial charge is 0.379 e. The summed E-state index contributed by atoms with van der Waals surface area (Å²) in [6.45, 7) is 4.68. The van der Waals surface area contributed by atoms with Crippen LogP contribution in [-0.2, 0) is 18.2 Å². The molecule has 3 aliphatic heterocycles. The van der Waals surface area contributed by atoms with Crippen molar-refractivity contribution < 1.29 is 9.53 Å². The van der Waals surface area contributed by atoms with Gasteiger partial charge in [-0.05, 0) is 25.8 Å². The maximum atomic E-state index is 12.8. The average molecular weight is 437 g/mol. The van der Waals surface area contributed by atoms with Crippen LogP contribution in [0.25, 0.3) is 0 Å². The number of aliphatic imine (C=N–C) groups is 1. The lowest BCUT2D eigenvalue weighted by molar-refractivity contribution is -0.0552. The van der Waals surface area contributed by atoms with Crippen molar-refractivity contribution in [3.63, 3.8) is 0 Å². The minimum Gasteiger partial charge on any atom is -0.379 e. The highest BCUT2D eigenvalue weighted by molar-refractivity contribution is 8.13. The number of likely N-dealkylation sites (N-methyl/N-ethyl adjacent to an activating group) is 1. The molecule has 0 spiro atoms. The monoisotopic (exact) mass is 436 g/mol. The molecule has 1 amide bonds. The Kier molecular flexibility index (Phi) is 5.60. The van der Waals surface area contributed by atoms with Crippen molar-refractivity contribution in [3.05, 3.63) is 28.7 Å². The number of aryl methyl sites for hydroxylation is 2. The Balaban J connectivity index is 1.53. The summed E-state index contributed by atoms with van der Waals surface area (Å²) in [5, 5.41) is 10.0. The number of nitrogens with one attached hydrogen (secondary N) is 1. The van der Waals surface area contributed by atoms with E-state index in [2.05, 4.69) is 22.2 Å². The number of nitrogens with two attached hydrogens (primary N) is 1. The van der Waals surface area contributed by atoms with Gasteiger partial charge >= 0.3 is 0 Å². The van der Waals surface area contributed by atoms with Gasteiger partial charge in [-0.25, -0.2) is 0 Å². The van der Waals surface area contributed by atoms with Gasteiger partial charge in [0.05, 0.1) is 18.4 Å². The SMILES string of the molecule is CCc1cc(C(=O)NC2=CSC(C34COC(C)CC3CSC(N)=N4)N2C)n(C)n1. The number of ether oxygens (including phenoxy) is 1. The predicted molar refractivity (Wildman–Crippen MR) is 118 cm³/mol. The van der Waals surface area contributed by atoms with Gasteiger partial charge in [0.15, 0.2) is 5.17 Å². The summed E-state index contributed by atoms with van der Waals surface area (Å²) in [6.07, 6.45) is 1.98. The molecule has 4 unspecified atom stereocenters. The van der Waals surface area contributed by atoms with E-state index in [1.165, 1.54) is 0 Å². The first-order valence-corrected chi connectivity index (χ1v) is 11.8. The molecular formula is C19H28N6O2S2. The van der Waals surface area contributed by atoms with Crippen LogP contribution in [0.1, 0.15) is 36.5 Å². The molecule has 1 aromatic rings. The Hall–Kier alpha value is -1.65. The zero-order chi connectivity index (χ0) is 20.8. The van der Waals surface area contributed by atoms with E-state index in [1.807, 2.05) is 25.4 Å². The molecule has 8 nitrogen and oxygen atoms in total. The number of fused-ring (bicyclic) bond motifs is 1. The Morgan fingerprint density at radius 3 is 3.00 bits per heavy atom. The van der Waals surface area contributed by atoms with E-state index in [1.54, 1.807) is 35.3 Å². The lowest BCUT2D eigenvalue weighted by Gasteiger charge is -2.50. The van der Waals surface area contributed by atoms with Crippen LogP contribution >= 0.6 is 23.5 Å². The Bertz CT molecular complexity index is 869. The second kappa shape index (κ2) is 7.88. The van der Waals surface area contributed by atoms with Crippen LogP contribution < -0.4 is 11.1 Å². The highest BCUT2D eigenvalue weighted by atomic mass is 32.2. The van der Waals surface area contributed by atoms with Crippen molar-refractivity contribution in [3.8, 4) is 0 Å². The predicted octanol–water partition coefficient (Wildman–Crippen LogP) is 1.74. The first kappa shape index (κ1) is 20.6. The van der Waals surface area contributed by atoms with Crippen LogP contribution in [0.4, 0.5) is 0 Å².